The normalized spacial score (nSPS) is 15.7. The van der Waals surface area contributed by atoms with Crippen LogP contribution in [0.2, 0.25) is 0 Å². The molecule has 0 saturated carbocycles. The molecular formula is C13H17N3O3. The summed E-state index contributed by atoms with van der Waals surface area (Å²) in [6, 6.07) is 4.25. The van der Waals surface area contributed by atoms with E-state index in [4.69, 9.17) is 11.5 Å². The molecule has 0 radical (unpaired) electrons. The van der Waals surface area contributed by atoms with Crippen LogP contribution in [0.3, 0.4) is 0 Å². The lowest BCUT2D eigenvalue weighted by Crippen LogP contribution is -2.47. The summed E-state index contributed by atoms with van der Waals surface area (Å²) in [6.07, 6.45) is 0.562. The number of hydrogen-bond acceptors (Lipinski definition) is 4. The predicted octanol–water partition coefficient (Wildman–Crippen LogP) is -0.520. The van der Waals surface area contributed by atoms with Crippen LogP contribution in [0.25, 0.3) is 0 Å². The molecule has 6 heteroatoms. The molecule has 1 aliphatic rings. The van der Waals surface area contributed by atoms with E-state index in [0.717, 1.165) is 11.1 Å². The Kier molecular flexibility index (Phi) is 3.71. The summed E-state index contributed by atoms with van der Waals surface area (Å²) in [7, 11) is 0. The monoisotopic (exact) mass is 263 g/mol. The Labute approximate surface area is 111 Å². The van der Waals surface area contributed by atoms with Crippen LogP contribution in [0.4, 0.5) is 0 Å². The fourth-order valence-electron chi connectivity index (χ4n) is 2.27. The van der Waals surface area contributed by atoms with Gasteiger partial charge in [-0.25, -0.2) is 0 Å². The van der Waals surface area contributed by atoms with E-state index >= 15 is 0 Å². The number of carbonyl (C=O) groups excluding carboxylic acids is 2. The number of nitrogens with two attached hydrogens (primary N) is 2. The largest absolute Gasteiger partial charge is 0.508 e. The number of fused-ring (bicyclic) bond motifs is 1. The molecule has 2 amide bonds. The van der Waals surface area contributed by atoms with Crippen LogP contribution in [0.1, 0.15) is 17.5 Å². The number of aromatic hydroxyl groups is 1. The van der Waals surface area contributed by atoms with Gasteiger partial charge in [-0.05, 0) is 29.7 Å². The van der Waals surface area contributed by atoms with E-state index in [1.165, 1.54) is 0 Å². The maximum atomic E-state index is 12.1. The molecule has 1 aliphatic heterocycles. The van der Waals surface area contributed by atoms with Gasteiger partial charge >= 0.3 is 0 Å². The maximum absolute atomic E-state index is 12.1. The lowest BCUT2D eigenvalue weighted by atomic mass is 9.98. The molecule has 6 nitrogen and oxygen atoms in total. The first-order valence-electron chi connectivity index (χ1n) is 6.11. The zero-order chi connectivity index (χ0) is 14.0. The fourth-order valence-corrected chi connectivity index (χ4v) is 2.27. The second-order valence-electron chi connectivity index (χ2n) is 4.74. The van der Waals surface area contributed by atoms with Crippen LogP contribution < -0.4 is 11.5 Å². The third kappa shape index (κ3) is 3.03. The number of hydrogen-bond donors (Lipinski definition) is 3. The molecule has 102 valence electrons. The van der Waals surface area contributed by atoms with Gasteiger partial charge in [0.15, 0.2) is 0 Å². The predicted molar refractivity (Wildman–Crippen MR) is 69.0 cm³/mol. The average Bonchev–Trinajstić information content (AvgIpc) is 2.36. The number of amides is 2. The van der Waals surface area contributed by atoms with E-state index < -0.39 is 11.9 Å². The minimum absolute atomic E-state index is 0.151. The van der Waals surface area contributed by atoms with Crippen molar-refractivity contribution in [3.05, 3.63) is 29.3 Å². The minimum Gasteiger partial charge on any atom is -0.508 e. The highest BCUT2D eigenvalue weighted by atomic mass is 16.3. The van der Waals surface area contributed by atoms with Crippen molar-refractivity contribution < 1.29 is 14.7 Å². The molecular weight excluding hydrogens is 246 g/mol. The Morgan fingerprint density at radius 3 is 2.79 bits per heavy atom. The zero-order valence-electron chi connectivity index (χ0n) is 10.5. The first kappa shape index (κ1) is 13.4. The molecule has 19 heavy (non-hydrogen) atoms. The van der Waals surface area contributed by atoms with Gasteiger partial charge in [-0.3, -0.25) is 9.59 Å². The number of carbonyl (C=O) groups is 2. The van der Waals surface area contributed by atoms with Crippen molar-refractivity contribution in [3.63, 3.8) is 0 Å². The Hall–Kier alpha value is -2.08. The number of phenols is 1. The van der Waals surface area contributed by atoms with Crippen LogP contribution in [0.5, 0.6) is 5.75 Å². The van der Waals surface area contributed by atoms with Crippen LogP contribution in [-0.4, -0.2) is 34.4 Å². The van der Waals surface area contributed by atoms with Gasteiger partial charge < -0.3 is 21.5 Å². The highest BCUT2D eigenvalue weighted by molar-refractivity contribution is 5.87. The highest BCUT2D eigenvalue weighted by Crippen LogP contribution is 2.23. The number of rotatable bonds is 3. The Bertz CT molecular complexity index is 516. The topological polar surface area (TPSA) is 110 Å². The Morgan fingerprint density at radius 2 is 2.11 bits per heavy atom. The molecule has 2 rings (SSSR count). The molecule has 0 bridgehead atoms. The lowest BCUT2D eigenvalue weighted by molar-refractivity contribution is -0.135. The van der Waals surface area contributed by atoms with Crippen LogP contribution in [0.15, 0.2) is 18.2 Å². The maximum Gasteiger partial charge on any atom is 0.240 e. The third-order valence-electron chi connectivity index (χ3n) is 3.25. The van der Waals surface area contributed by atoms with Crippen molar-refractivity contribution in [2.75, 3.05) is 6.54 Å². The van der Waals surface area contributed by atoms with Crippen LogP contribution in [-0.2, 0) is 22.6 Å². The summed E-state index contributed by atoms with van der Waals surface area (Å²) in [5, 5.41) is 9.45. The number of benzene rings is 1. The van der Waals surface area contributed by atoms with Crippen molar-refractivity contribution in [2.45, 2.75) is 25.4 Å². The highest BCUT2D eigenvalue weighted by Gasteiger charge is 2.26. The standard InChI is InChI=1S/C13H17N3O3/c14-11(6-12(15)18)13(19)16-4-3-8-1-2-10(17)5-9(8)7-16/h1-2,5,11,17H,3-4,6-7,14H2,(H2,15,18). The molecule has 0 aromatic heterocycles. The van der Waals surface area contributed by atoms with Crippen LogP contribution in [0, 0.1) is 0 Å². The fraction of sp³-hybridized carbons (Fsp3) is 0.385. The third-order valence-corrected chi connectivity index (χ3v) is 3.25. The summed E-state index contributed by atoms with van der Waals surface area (Å²) in [4.78, 5) is 24.4. The van der Waals surface area contributed by atoms with Gasteiger partial charge in [0.2, 0.25) is 11.8 Å². The van der Waals surface area contributed by atoms with Gasteiger partial charge in [-0.15, -0.1) is 0 Å². The molecule has 0 aliphatic carbocycles. The molecule has 5 N–H and O–H groups in total. The van der Waals surface area contributed by atoms with Crippen molar-refractivity contribution in [3.8, 4) is 5.75 Å². The van der Waals surface area contributed by atoms with Gasteiger partial charge in [-0.2, -0.15) is 0 Å². The Balaban J connectivity index is 2.08. The second kappa shape index (κ2) is 5.27. The smallest absolute Gasteiger partial charge is 0.240 e. The molecule has 1 heterocycles. The molecule has 1 aromatic carbocycles. The summed E-state index contributed by atoms with van der Waals surface area (Å²) in [5.74, 6) is -0.696. The molecule has 0 saturated heterocycles. The first-order valence-corrected chi connectivity index (χ1v) is 6.11. The summed E-state index contributed by atoms with van der Waals surface area (Å²) >= 11 is 0. The molecule has 0 fully saturated rings. The average molecular weight is 263 g/mol. The molecule has 1 aromatic rings. The van der Waals surface area contributed by atoms with Gasteiger partial charge in [0, 0.05) is 13.1 Å². The van der Waals surface area contributed by atoms with E-state index in [-0.39, 0.29) is 18.1 Å². The van der Waals surface area contributed by atoms with Gasteiger partial charge in [0.1, 0.15) is 5.75 Å². The SMILES string of the molecule is NC(=O)CC(N)C(=O)N1CCc2ccc(O)cc2C1. The van der Waals surface area contributed by atoms with Crippen molar-refractivity contribution in [1.29, 1.82) is 0 Å². The minimum atomic E-state index is -0.892. The quantitative estimate of drug-likeness (QED) is 0.681. The van der Waals surface area contributed by atoms with E-state index in [9.17, 15) is 14.7 Å². The zero-order valence-corrected chi connectivity index (χ0v) is 10.5. The second-order valence-corrected chi connectivity index (χ2v) is 4.74. The van der Waals surface area contributed by atoms with E-state index in [1.807, 2.05) is 6.07 Å². The van der Waals surface area contributed by atoms with Crippen molar-refractivity contribution in [1.82, 2.24) is 4.90 Å². The van der Waals surface area contributed by atoms with Crippen molar-refractivity contribution >= 4 is 11.8 Å². The van der Waals surface area contributed by atoms with E-state index in [1.54, 1.807) is 17.0 Å². The molecule has 1 unspecified atom stereocenters. The van der Waals surface area contributed by atoms with E-state index in [2.05, 4.69) is 0 Å². The van der Waals surface area contributed by atoms with Crippen molar-refractivity contribution in [2.24, 2.45) is 11.5 Å². The van der Waals surface area contributed by atoms with E-state index in [0.29, 0.717) is 19.5 Å². The van der Waals surface area contributed by atoms with Gasteiger partial charge in [0.05, 0.1) is 12.5 Å². The summed E-state index contributed by atoms with van der Waals surface area (Å²) in [5.41, 5.74) is 12.7. The van der Waals surface area contributed by atoms with Gasteiger partial charge in [0.25, 0.3) is 0 Å². The summed E-state index contributed by atoms with van der Waals surface area (Å²) < 4.78 is 0. The number of phenolic OH excluding ortho intramolecular Hbond substituents is 1. The molecule has 0 spiro atoms. The van der Waals surface area contributed by atoms with Crippen LogP contribution >= 0.6 is 0 Å². The lowest BCUT2D eigenvalue weighted by Gasteiger charge is -2.30. The molecule has 1 atom stereocenters. The number of primary amides is 1. The first-order chi connectivity index (χ1) is 8.97. The van der Waals surface area contributed by atoms with Gasteiger partial charge in [-0.1, -0.05) is 6.07 Å². The summed E-state index contributed by atoms with van der Waals surface area (Å²) in [6.45, 7) is 0.956. The Morgan fingerprint density at radius 1 is 1.37 bits per heavy atom. The number of nitrogens with zero attached hydrogens (tertiary/aromatic N) is 1.